The zero-order valence-corrected chi connectivity index (χ0v) is 11.0. The first-order valence-corrected chi connectivity index (χ1v) is 6.31. The average molecular weight is 273 g/mol. The Morgan fingerprint density at radius 2 is 2.22 bits per heavy atom. The number of hydrogen-bond donors (Lipinski definition) is 2. The van der Waals surface area contributed by atoms with Crippen LogP contribution in [-0.4, -0.2) is 54.0 Å². The van der Waals surface area contributed by atoms with Crippen LogP contribution in [0.2, 0.25) is 5.15 Å². The van der Waals surface area contributed by atoms with Gasteiger partial charge in [0.25, 0.3) is 0 Å². The van der Waals surface area contributed by atoms with E-state index in [2.05, 4.69) is 15.3 Å². The van der Waals surface area contributed by atoms with E-state index in [4.69, 9.17) is 21.4 Å². The molecule has 2 N–H and O–H groups in total. The van der Waals surface area contributed by atoms with Crippen LogP contribution in [0.1, 0.15) is 6.92 Å². The molecule has 7 heteroatoms. The summed E-state index contributed by atoms with van der Waals surface area (Å²) in [5.74, 6) is 1.22. The number of rotatable bonds is 4. The quantitative estimate of drug-likeness (QED) is 0.789. The molecule has 0 aromatic carbocycles. The van der Waals surface area contributed by atoms with Gasteiger partial charge >= 0.3 is 0 Å². The Hall–Kier alpha value is -1.11. The van der Waals surface area contributed by atoms with Gasteiger partial charge in [0, 0.05) is 25.2 Å². The molecule has 2 heterocycles. The monoisotopic (exact) mass is 272 g/mol. The predicted molar refractivity (Wildman–Crippen MR) is 70.2 cm³/mol. The van der Waals surface area contributed by atoms with E-state index in [1.165, 1.54) is 0 Å². The van der Waals surface area contributed by atoms with E-state index in [-0.39, 0.29) is 12.6 Å². The van der Waals surface area contributed by atoms with Crippen molar-refractivity contribution < 1.29 is 9.84 Å². The van der Waals surface area contributed by atoms with Gasteiger partial charge in [0.2, 0.25) is 5.95 Å². The summed E-state index contributed by atoms with van der Waals surface area (Å²) in [4.78, 5) is 10.6. The Kier molecular flexibility index (Phi) is 4.57. The molecule has 1 aromatic rings. The lowest BCUT2D eigenvalue weighted by Crippen LogP contribution is -2.37. The minimum absolute atomic E-state index is 0.0362. The molecule has 0 radical (unpaired) electrons. The lowest BCUT2D eigenvalue weighted by Gasteiger charge is -2.27. The third-order valence-corrected chi connectivity index (χ3v) is 2.84. The predicted octanol–water partition coefficient (Wildman–Crippen LogP) is 0.759. The topological polar surface area (TPSA) is 70.5 Å². The van der Waals surface area contributed by atoms with Crippen LogP contribution in [0.15, 0.2) is 6.07 Å². The van der Waals surface area contributed by atoms with Gasteiger partial charge in [-0.2, -0.15) is 4.98 Å². The number of morpholine rings is 1. The van der Waals surface area contributed by atoms with Crippen molar-refractivity contribution in [3.05, 3.63) is 11.2 Å². The first kappa shape index (κ1) is 13.3. The number of aliphatic hydroxyl groups is 1. The summed E-state index contributed by atoms with van der Waals surface area (Å²) in [7, 11) is 0. The number of nitrogens with zero attached hydrogens (tertiary/aromatic N) is 3. The Morgan fingerprint density at radius 1 is 1.50 bits per heavy atom. The van der Waals surface area contributed by atoms with E-state index in [9.17, 15) is 0 Å². The van der Waals surface area contributed by atoms with Crippen LogP contribution in [0.3, 0.4) is 0 Å². The van der Waals surface area contributed by atoms with Crippen molar-refractivity contribution in [1.82, 2.24) is 9.97 Å². The van der Waals surface area contributed by atoms with E-state index < -0.39 is 0 Å². The fourth-order valence-corrected chi connectivity index (χ4v) is 1.86. The molecule has 1 aromatic heterocycles. The molecule has 1 unspecified atom stereocenters. The maximum atomic E-state index is 9.02. The Bertz CT molecular complexity index is 399. The van der Waals surface area contributed by atoms with Crippen molar-refractivity contribution in [3.8, 4) is 0 Å². The molecule has 0 bridgehead atoms. The summed E-state index contributed by atoms with van der Waals surface area (Å²) in [6, 6.07) is 1.58. The van der Waals surface area contributed by atoms with Crippen LogP contribution in [0.25, 0.3) is 0 Å². The van der Waals surface area contributed by atoms with Crippen molar-refractivity contribution in [2.24, 2.45) is 0 Å². The van der Waals surface area contributed by atoms with E-state index in [1.54, 1.807) is 6.07 Å². The second kappa shape index (κ2) is 6.17. The minimum atomic E-state index is -0.0755. The molecular formula is C11H17ClN4O2. The van der Waals surface area contributed by atoms with Crippen molar-refractivity contribution in [1.29, 1.82) is 0 Å². The van der Waals surface area contributed by atoms with E-state index >= 15 is 0 Å². The molecule has 0 saturated carbocycles. The summed E-state index contributed by atoms with van der Waals surface area (Å²) in [6.45, 7) is 4.76. The summed E-state index contributed by atoms with van der Waals surface area (Å²) >= 11 is 5.98. The normalized spacial score (nSPS) is 17.6. The Labute approximate surface area is 111 Å². The maximum absolute atomic E-state index is 9.02. The van der Waals surface area contributed by atoms with Gasteiger partial charge in [0.1, 0.15) is 11.0 Å². The highest BCUT2D eigenvalue weighted by molar-refractivity contribution is 6.29. The third kappa shape index (κ3) is 3.44. The van der Waals surface area contributed by atoms with Crippen molar-refractivity contribution >= 4 is 23.4 Å². The summed E-state index contributed by atoms with van der Waals surface area (Å²) < 4.78 is 5.28. The highest BCUT2D eigenvalue weighted by Crippen LogP contribution is 2.18. The molecule has 0 aliphatic carbocycles. The number of hydrogen-bond acceptors (Lipinski definition) is 6. The second-order valence-electron chi connectivity index (χ2n) is 4.20. The molecule has 1 aliphatic rings. The first-order valence-electron chi connectivity index (χ1n) is 5.93. The van der Waals surface area contributed by atoms with Crippen molar-refractivity contribution in [2.45, 2.75) is 13.0 Å². The molecular weight excluding hydrogens is 256 g/mol. The summed E-state index contributed by atoms with van der Waals surface area (Å²) in [5, 5.41) is 12.5. The molecule has 1 fully saturated rings. The number of halogens is 1. The standard InChI is InChI=1S/C11H17ClN4O2/c1-8(7-17)13-10-6-9(12)14-11(15-10)16-2-4-18-5-3-16/h6,8,17H,2-5,7H2,1H3,(H,13,14,15). The number of aromatic nitrogens is 2. The minimum Gasteiger partial charge on any atom is -0.394 e. The van der Waals surface area contributed by atoms with Gasteiger partial charge in [-0.15, -0.1) is 0 Å². The van der Waals surface area contributed by atoms with Gasteiger partial charge in [0.15, 0.2) is 0 Å². The van der Waals surface area contributed by atoms with Gasteiger partial charge in [-0.3, -0.25) is 0 Å². The van der Waals surface area contributed by atoms with Crippen LogP contribution in [0.4, 0.5) is 11.8 Å². The molecule has 1 atom stereocenters. The highest BCUT2D eigenvalue weighted by atomic mass is 35.5. The molecule has 18 heavy (non-hydrogen) atoms. The summed E-state index contributed by atoms with van der Waals surface area (Å²) in [5.41, 5.74) is 0. The molecule has 6 nitrogen and oxygen atoms in total. The van der Waals surface area contributed by atoms with Crippen LogP contribution in [0, 0.1) is 0 Å². The lowest BCUT2D eigenvalue weighted by atomic mass is 10.3. The van der Waals surface area contributed by atoms with E-state index in [0.29, 0.717) is 30.1 Å². The molecule has 0 spiro atoms. The molecule has 1 aliphatic heterocycles. The largest absolute Gasteiger partial charge is 0.394 e. The maximum Gasteiger partial charge on any atom is 0.228 e. The smallest absolute Gasteiger partial charge is 0.228 e. The van der Waals surface area contributed by atoms with Crippen molar-refractivity contribution in [2.75, 3.05) is 43.1 Å². The van der Waals surface area contributed by atoms with Gasteiger partial charge < -0.3 is 20.1 Å². The van der Waals surface area contributed by atoms with Crippen LogP contribution in [-0.2, 0) is 4.74 Å². The van der Waals surface area contributed by atoms with E-state index in [1.807, 2.05) is 11.8 Å². The van der Waals surface area contributed by atoms with Crippen LogP contribution < -0.4 is 10.2 Å². The average Bonchev–Trinajstić information content (AvgIpc) is 2.39. The fourth-order valence-electron chi connectivity index (χ4n) is 1.68. The number of aliphatic hydroxyl groups excluding tert-OH is 1. The van der Waals surface area contributed by atoms with Crippen molar-refractivity contribution in [3.63, 3.8) is 0 Å². The third-order valence-electron chi connectivity index (χ3n) is 2.65. The molecule has 100 valence electrons. The lowest BCUT2D eigenvalue weighted by molar-refractivity contribution is 0.122. The van der Waals surface area contributed by atoms with Gasteiger partial charge in [0.05, 0.1) is 19.8 Å². The van der Waals surface area contributed by atoms with Gasteiger partial charge in [-0.05, 0) is 6.92 Å². The van der Waals surface area contributed by atoms with Crippen LogP contribution >= 0.6 is 11.6 Å². The van der Waals surface area contributed by atoms with Gasteiger partial charge in [-0.25, -0.2) is 4.98 Å². The summed E-state index contributed by atoms with van der Waals surface area (Å²) in [6.07, 6.45) is 0. The fraction of sp³-hybridized carbons (Fsp3) is 0.636. The number of anilines is 2. The number of nitrogens with one attached hydrogen (secondary N) is 1. The molecule has 2 rings (SSSR count). The molecule has 1 saturated heterocycles. The van der Waals surface area contributed by atoms with E-state index in [0.717, 1.165) is 13.1 Å². The van der Waals surface area contributed by atoms with Gasteiger partial charge in [-0.1, -0.05) is 11.6 Å². The Balaban J connectivity index is 2.14. The zero-order chi connectivity index (χ0) is 13.0. The number of ether oxygens (including phenoxy) is 1. The zero-order valence-electron chi connectivity index (χ0n) is 10.3. The van der Waals surface area contributed by atoms with Crippen LogP contribution in [0.5, 0.6) is 0 Å². The second-order valence-corrected chi connectivity index (χ2v) is 4.59. The molecule has 0 amide bonds. The first-order chi connectivity index (χ1) is 8.69. The highest BCUT2D eigenvalue weighted by Gasteiger charge is 2.15. The Morgan fingerprint density at radius 3 is 2.89 bits per heavy atom. The SMILES string of the molecule is CC(CO)Nc1cc(Cl)nc(N2CCOCC2)n1.